The van der Waals surface area contributed by atoms with E-state index in [1.54, 1.807) is 55.5 Å². The van der Waals surface area contributed by atoms with Crippen LogP contribution in [0, 0.1) is 17.0 Å². The summed E-state index contributed by atoms with van der Waals surface area (Å²) in [6.07, 6.45) is 0. The topological polar surface area (TPSA) is 124 Å². The number of para-hydroxylation sites is 2. The molecule has 1 aromatic heterocycles. The van der Waals surface area contributed by atoms with E-state index >= 15 is 0 Å². The first-order valence-corrected chi connectivity index (χ1v) is 13.6. The molecular formula is C26H20N4O5S2. The molecule has 0 saturated carbocycles. The molecule has 0 aliphatic rings. The summed E-state index contributed by atoms with van der Waals surface area (Å²) in [5.74, 6) is -0.603. The molecule has 4 aromatic carbocycles. The number of nitro benzene ring substituents is 1. The van der Waals surface area contributed by atoms with E-state index in [9.17, 15) is 23.3 Å². The molecule has 0 aliphatic carbocycles. The summed E-state index contributed by atoms with van der Waals surface area (Å²) in [4.78, 5) is 27.9. The summed E-state index contributed by atoms with van der Waals surface area (Å²) in [7, 11) is -4.05. The maximum Gasteiger partial charge on any atom is 0.271 e. The fraction of sp³-hybridized carbons (Fsp3) is 0.0769. The summed E-state index contributed by atoms with van der Waals surface area (Å²) in [6.45, 7) is 1.72. The van der Waals surface area contributed by atoms with Gasteiger partial charge in [0.15, 0.2) is 5.16 Å². The van der Waals surface area contributed by atoms with Crippen molar-refractivity contribution in [2.75, 3.05) is 11.1 Å². The van der Waals surface area contributed by atoms with Crippen molar-refractivity contribution in [1.82, 2.24) is 8.96 Å². The smallest absolute Gasteiger partial charge is 0.271 e. The van der Waals surface area contributed by atoms with Crippen LogP contribution >= 0.6 is 11.8 Å². The van der Waals surface area contributed by atoms with Gasteiger partial charge < -0.3 is 5.32 Å². The van der Waals surface area contributed by atoms with Gasteiger partial charge in [-0.2, -0.15) is 0 Å². The number of thioether (sulfide) groups is 1. The number of hydrogen-bond donors (Lipinski definition) is 1. The summed E-state index contributed by atoms with van der Waals surface area (Å²) in [5.41, 5.74) is 1.71. The van der Waals surface area contributed by atoms with E-state index in [1.165, 1.54) is 12.1 Å². The highest BCUT2D eigenvalue weighted by molar-refractivity contribution is 8.00. The molecule has 186 valence electrons. The number of nitro groups is 1. The predicted molar refractivity (Wildman–Crippen MR) is 143 cm³/mol. The molecule has 0 spiro atoms. The van der Waals surface area contributed by atoms with Gasteiger partial charge in [-0.05, 0) is 47.5 Å². The molecule has 0 unspecified atom stereocenters. The molecule has 11 heteroatoms. The van der Waals surface area contributed by atoms with Gasteiger partial charge in [0.05, 0.1) is 32.3 Å². The zero-order valence-electron chi connectivity index (χ0n) is 19.5. The molecular weight excluding hydrogens is 512 g/mol. The molecule has 0 bridgehead atoms. The Bertz CT molecular complexity index is 1800. The van der Waals surface area contributed by atoms with Crippen LogP contribution in [0.3, 0.4) is 0 Å². The number of hydrogen-bond acceptors (Lipinski definition) is 7. The van der Waals surface area contributed by atoms with Crippen molar-refractivity contribution in [2.24, 2.45) is 0 Å². The lowest BCUT2D eigenvalue weighted by atomic mass is 10.1. The molecule has 0 saturated heterocycles. The van der Waals surface area contributed by atoms with Crippen molar-refractivity contribution >= 4 is 60.9 Å². The predicted octanol–water partition coefficient (Wildman–Crippen LogP) is 5.37. The number of carbonyl (C=O) groups is 1. The summed E-state index contributed by atoms with van der Waals surface area (Å²) in [5, 5.41) is 15.6. The van der Waals surface area contributed by atoms with Crippen molar-refractivity contribution in [3.8, 4) is 0 Å². The Balaban J connectivity index is 1.47. The van der Waals surface area contributed by atoms with Gasteiger partial charge in [-0.1, -0.05) is 60.3 Å². The Kier molecular flexibility index (Phi) is 6.40. The molecule has 0 radical (unpaired) electrons. The Morgan fingerprint density at radius 2 is 1.73 bits per heavy atom. The summed E-state index contributed by atoms with van der Waals surface area (Å²) >= 11 is 0.968. The van der Waals surface area contributed by atoms with Gasteiger partial charge in [0.2, 0.25) is 5.91 Å². The fourth-order valence-electron chi connectivity index (χ4n) is 3.91. The molecule has 1 N–H and O–H groups in total. The zero-order valence-corrected chi connectivity index (χ0v) is 21.1. The SMILES string of the molecule is Cc1ccc([N+](=O)[O-])cc1NC(=O)CSc1nc2ccccc2n1S(=O)(=O)c1ccc2ccccc2c1. The first-order valence-electron chi connectivity index (χ1n) is 11.1. The van der Waals surface area contributed by atoms with E-state index < -0.39 is 20.9 Å². The minimum Gasteiger partial charge on any atom is -0.325 e. The lowest BCUT2D eigenvalue weighted by Gasteiger charge is -2.12. The lowest BCUT2D eigenvalue weighted by molar-refractivity contribution is -0.384. The van der Waals surface area contributed by atoms with E-state index in [4.69, 9.17) is 0 Å². The maximum absolute atomic E-state index is 13.8. The second kappa shape index (κ2) is 9.68. The largest absolute Gasteiger partial charge is 0.325 e. The normalized spacial score (nSPS) is 11.6. The first-order chi connectivity index (χ1) is 17.7. The quantitative estimate of drug-likeness (QED) is 0.170. The standard InChI is InChI=1S/C26H20N4O5S2/c1-17-10-12-20(30(32)33)15-23(17)27-25(31)16-36-26-28-22-8-4-5-9-24(22)29(26)37(34,35)21-13-11-18-6-2-3-7-19(18)14-21/h2-15H,16H2,1H3,(H,27,31). The Labute approximate surface area is 216 Å². The Morgan fingerprint density at radius 1 is 1.00 bits per heavy atom. The number of aryl methyl sites for hydroxylation is 1. The maximum atomic E-state index is 13.8. The number of anilines is 1. The van der Waals surface area contributed by atoms with Crippen molar-refractivity contribution in [2.45, 2.75) is 17.0 Å². The number of nitrogens with zero attached hydrogens (tertiary/aromatic N) is 3. The minimum absolute atomic E-state index is 0.105. The number of carbonyl (C=O) groups excluding carboxylic acids is 1. The van der Waals surface area contributed by atoms with Crippen LogP contribution in [0.1, 0.15) is 5.56 Å². The number of nitrogens with one attached hydrogen (secondary N) is 1. The molecule has 0 aliphatic heterocycles. The van der Waals surface area contributed by atoms with Crippen molar-refractivity contribution in [3.63, 3.8) is 0 Å². The highest BCUT2D eigenvalue weighted by Crippen LogP contribution is 2.30. The van der Waals surface area contributed by atoms with Gasteiger partial charge in [0, 0.05) is 12.1 Å². The van der Waals surface area contributed by atoms with Gasteiger partial charge in [-0.3, -0.25) is 14.9 Å². The minimum atomic E-state index is -4.05. The number of aromatic nitrogens is 2. The molecule has 1 heterocycles. The van der Waals surface area contributed by atoms with E-state index in [0.29, 0.717) is 22.3 Å². The second-order valence-corrected chi connectivity index (χ2v) is 11.0. The average molecular weight is 533 g/mol. The second-order valence-electron chi connectivity index (χ2n) is 8.25. The van der Waals surface area contributed by atoms with Crippen LogP contribution in [0.25, 0.3) is 21.8 Å². The van der Waals surface area contributed by atoms with Crippen LogP contribution < -0.4 is 5.32 Å². The van der Waals surface area contributed by atoms with Crippen LogP contribution in [0.2, 0.25) is 0 Å². The number of benzene rings is 4. The Hall–Kier alpha value is -4.22. The Morgan fingerprint density at radius 3 is 2.51 bits per heavy atom. The number of fused-ring (bicyclic) bond motifs is 2. The number of rotatable bonds is 7. The third-order valence-electron chi connectivity index (χ3n) is 5.79. The molecule has 5 aromatic rings. The van der Waals surface area contributed by atoms with Crippen LogP contribution in [0.15, 0.2) is 95.0 Å². The lowest BCUT2D eigenvalue weighted by Crippen LogP contribution is -2.17. The molecule has 37 heavy (non-hydrogen) atoms. The number of imidazole rings is 1. The molecule has 5 rings (SSSR count). The summed E-state index contributed by atoms with van der Waals surface area (Å²) < 4.78 is 28.8. The molecule has 0 atom stereocenters. The van der Waals surface area contributed by atoms with E-state index in [0.717, 1.165) is 26.5 Å². The number of non-ortho nitro benzene ring substituents is 1. The van der Waals surface area contributed by atoms with Crippen LogP contribution in [0.4, 0.5) is 11.4 Å². The fourth-order valence-corrected chi connectivity index (χ4v) is 6.46. The zero-order chi connectivity index (χ0) is 26.2. The monoisotopic (exact) mass is 532 g/mol. The van der Waals surface area contributed by atoms with Gasteiger partial charge >= 0.3 is 0 Å². The first kappa shape index (κ1) is 24.5. The van der Waals surface area contributed by atoms with Crippen LogP contribution in [-0.2, 0) is 14.8 Å². The third kappa shape index (κ3) is 4.78. The molecule has 1 amide bonds. The molecule has 0 fully saturated rings. The van der Waals surface area contributed by atoms with Crippen molar-refractivity contribution < 1.29 is 18.1 Å². The van der Waals surface area contributed by atoms with Gasteiger partial charge in [-0.25, -0.2) is 17.4 Å². The third-order valence-corrected chi connectivity index (χ3v) is 8.54. The van der Waals surface area contributed by atoms with Gasteiger partial charge in [0.25, 0.3) is 15.7 Å². The average Bonchev–Trinajstić information content (AvgIpc) is 3.27. The van der Waals surface area contributed by atoms with Gasteiger partial charge in [-0.15, -0.1) is 0 Å². The van der Waals surface area contributed by atoms with Crippen LogP contribution in [0.5, 0.6) is 0 Å². The van der Waals surface area contributed by atoms with E-state index in [1.807, 2.05) is 24.3 Å². The van der Waals surface area contributed by atoms with E-state index in [2.05, 4.69) is 10.3 Å². The van der Waals surface area contributed by atoms with E-state index in [-0.39, 0.29) is 21.5 Å². The van der Waals surface area contributed by atoms with Crippen molar-refractivity contribution in [3.05, 3.63) is 101 Å². The van der Waals surface area contributed by atoms with Gasteiger partial charge in [0.1, 0.15) is 0 Å². The number of amides is 1. The molecule has 9 nitrogen and oxygen atoms in total. The highest BCUT2D eigenvalue weighted by Gasteiger charge is 2.25. The summed E-state index contributed by atoms with van der Waals surface area (Å²) in [6, 6.07) is 23.5. The van der Waals surface area contributed by atoms with Crippen molar-refractivity contribution in [1.29, 1.82) is 0 Å². The van der Waals surface area contributed by atoms with Crippen LogP contribution in [-0.4, -0.2) is 34.0 Å². The highest BCUT2D eigenvalue weighted by atomic mass is 32.2.